The third-order valence-corrected chi connectivity index (χ3v) is 4.46. The molecule has 3 heterocycles. The first kappa shape index (κ1) is 13.2. The minimum absolute atomic E-state index is 0.452. The van der Waals surface area contributed by atoms with Crippen LogP contribution in [0.15, 0.2) is 18.5 Å². The van der Waals surface area contributed by atoms with E-state index < -0.39 is 0 Å². The highest BCUT2D eigenvalue weighted by atomic mass is 32.2. The first-order valence-corrected chi connectivity index (χ1v) is 7.67. The molecule has 1 aliphatic heterocycles. The van der Waals surface area contributed by atoms with Gasteiger partial charge in [0, 0.05) is 25.0 Å². The van der Waals surface area contributed by atoms with Gasteiger partial charge in [-0.05, 0) is 18.2 Å². The molecule has 0 bridgehead atoms. The first-order valence-electron chi connectivity index (χ1n) is 6.51. The van der Waals surface area contributed by atoms with Gasteiger partial charge in [0.15, 0.2) is 5.75 Å². The van der Waals surface area contributed by atoms with Crippen molar-refractivity contribution in [3.05, 3.63) is 18.5 Å². The van der Waals surface area contributed by atoms with Crippen molar-refractivity contribution in [1.29, 1.82) is 0 Å². The Morgan fingerprint density at radius 2 is 2.40 bits per heavy atom. The van der Waals surface area contributed by atoms with Gasteiger partial charge in [0.1, 0.15) is 5.69 Å². The average Bonchev–Trinajstić information content (AvgIpc) is 3.10. The zero-order valence-corrected chi connectivity index (χ0v) is 12.4. The van der Waals surface area contributed by atoms with E-state index in [4.69, 9.17) is 4.74 Å². The van der Waals surface area contributed by atoms with E-state index in [-0.39, 0.29) is 0 Å². The van der Waals surface area contributed by atoms with Gasteiger partial charge in [-0.3, -0.25) is 4.68 Å². The van der Waals surface area contributed by atoms with Crippen molar-refractivity contribution >= 4 is 17.7 Å². The zero-order valence-electron chi connectivity index (χ0n) is 11.5. The minimum atomic E-state index is 0.452. The molecule has 1 saturated heterocycles. The van der Waals surface area contributed by atoms with Crippen LogP contribution in [0.25, 0.3) is 11.4 Å². The van der Waals surface area contributed by atoms with Gasteiger partial charge in [-0.15, -0.1) is 0 Å². The lowest BCUT2D eigenvalue weighted by Gasteiger charge is -2.13. The fraction of sp³-hybridized carbons (Fsp3) is 0.462. The lowest BCUT2D eigenvalue weighted by Crippen LogP contribution is -2.20. The molecule has 0 saturated carbocycles. The number of nitrogens with one attached hydrogen (secondary N) is 1. The van der Waals surface area contributed by atoms with Crippen molar-refractivity contribution in [3.63, 3.8) is 0 Å². The second kappa shape index (κ2) is 5.70. The van der Waals surface area contributed by atoms with E-state index in [9.17, 15) is 0 Å². The summed E-state index contributed by atoms with van der Waals surface area (Å²) < 4.78 is 7.13. The number of aryl methyl sites for hydroxylation is 1. The molecule has 106 valence electrons. The molecule has 2 aromatic heterocycles. The van der Waals surface area contributed by atoms with Gasteiger partial charge in [-0.2, -0.15) is 16.9 Å². The normalized spacial score (nSPS) is 18.2. The van der Waals surface area contributed by atoms with Crippen LogP contribution in [0.3, 0.4) is 0 Å². The predicted molar refractivity (Wildman–Crippen MR) is 80.1 cm³/mol. The average molecular weight is 291 g/mol. The number of hydrogen-bond acceptors (Lipinski definition) is 6. The van der Waals surface area contributed by atoms with Crippen LogP contribution in [0.2, 0.25) is 0 Å². The lowest BCUT2D eigenvalue weighted by atomic mass is 10.2. The largest absolute Gasteiger partial charge is 0.493 e. The summed E-state index contributed by atoms with van der Waals surface area (Å²) in [5.41, 5.74) is 1.67. The van der Waals surface area contributed by atoms with Gasteiger partial charge in [0.25, 0.3) is 0 Å². The highest BCUT2D eigenvalue weighted by Gasteiger charge is 2.18. The molecular weight excluding hydrogens is 274 g/mol. The standard InChI is InChI=1S/C13H17N5OS/c1-18-10(3-5-15-18)12-11(19-2)7-14-13(17-12)16-9-4-6-20-8-9/h3,5,7,9H,4,6,8H2,1-2H3,(H,14,16,17). The van der Waals surface area contributed by atoms with Crippen molar-refractivity contribution in [2.75, 3.05) is 23.9 Å². The molecular formula is C13H17N5OS. The smallest absolute Gasteiger partial charge is 0.223 e. The third-order valence-electron chi connectivity index (χ3n) is 3.30. The van der Waals surface area contributed by atoms with E-state index >= 15 is 0 Å². The molecule has 0 aliphatic carbocycles. The Kier molecular flexibility index (Phi) is 3.77. The van der Waals surface area contributed by atoms with Crippen molar-refractivity contribution in [1.82, 2.24) is 19.7 Å². The molecule has 1 aliphatic rings. The van der Waals surface area contributed by atoms with Gasteiger partial charge < -0.3 is 10.1 Å². The number of thioether (sulfide) groups is 1. The second-order valence-electron chi connectivity index (χ2n) is 4.66. The number of aromatic nitrogens is 4. The second-order valence-corrected chi connectivity index (χ2v) is 5.81. The SMILES string of the molecule is COc1cnc(NC2CCSC2)nc1-c1ccnn1C. The maximum atomic E-state index is 5.35. The maximum absolute atomic E-state index is 5.35. The summed E-state index contributed by atoms with van der Waals surface area (Å²) in [4.78, 5) is 8.92. The number of anilines is 1. The van der Waals surface area contributed by atoms with E-state index in [0.717, 1.165) is 23.6 Å². The van der Waals surface area contributed by atoms with Gasteiger partial charge in [-0.25, -0.2) is 9.97 Å². The van der Waals surface area contributed by atoms with Crippen LogP contribution < -0.4 is 10.1 Å². The molecule has 2 aromatic rings. The summed E-state index contributed by atoms with van der Waals surface area (Å²) in [6.45, 7) is 0. The van der Waals surface area contributed by atoms with Gasteiger partial charge in [0.05, 0.1) is 19.0 Å². The van der Waals surface area contributed by atoms with Crippen LogP contribution in [0.1, 0.15) is 6.42 Å². The van der Waals surface area contributed by atoms with Gasteiger partial charge in [-0.1, -0.05) is 0 Å². The number of nitrogens with zero attached hydrogens (tertiary/aromatic N) is 4. The van der Waals surface area contributed by atoms with E-state index in [0.29, 0.717) is 17.7 Å². The molecule has 0 spiro atoms. The van der Waals surface area contributed by atoms with Crippen LogP contribution in [0.4, 0.5) is 5.95 Å². The van der Waals surface area contributed by atoms with Crippen molar-refractivity contribution < 1.29 is 4.74 Å². The Morgan fingerprint density at radius 1 is 1.50 bits per heavy atom. The quantitative estimate of drug-likeness (QED) is 0.926. The molecule has 1 N–H and O–H groups in total. The first-order chi connectivity index (χ1) is 9.78. The summed E-state index contributed by atoms with van der Waals surface area (Å²) in [6.07, 6.45) is 4.61. The molecule has 3 rings (SSSR count). The van der Waals surface area contributed by atoms with Crippen molar-refractivity contribution in [2.45, 2.75) is 12.5 Å². The minimum Gasteiger partial charge on any atom is -0.493 e. The van der Waals surface area contributed by atoms with Crippen LogP contribution >= 0.6 is 11.8 Å². The van der Waals surface area contributed by atoms with Crippen LogP contribution in [-0.2, 0) is 7.05 Å². The molecule has 0 aromatic carbocycles. The third kappa shape index (κ3) is 2.58. The molecule has 7 heteroatoms. The van der Waals surface area contributed by atoms with E-state index in [1.54, 1.807) is 24.2 Å². The van der Waals surface area contributed by atoms with Crippen LogP contribution in [0, 0.1) is 0 Å². The Bertz CT molecular complexity index is 594. The van der Waals surface area contributed by atoms with Crippen molar-refractivity contribution in [3.8, 4) is 17.1 Å². The Balaban J connectivity index is 1.92. The number of rotatable bonds is 4. The Labute approximate surface area is 122 Å². The molecule has 20 heavy (non-hydrogen) atoms. The molecule has 6 nitrogen and oxygen atoms in total. The molecule has 0 amide bonds. The monoisotopic (exact) mass is 291 g/mol. The lowest BCUT2D eigenvalue weighted by molar-refractivity contribution is 0.412. The van der Waals surface area contributed by atoms with E-state index in [1.165, 1.54) is 5.75 Å². The molecule has 1 unspecified atom stereocenters. The van der Waals surface area contributed by atoms with Crippen LogP contribution in [0.5, 0.6) is 5.75 Å². The number of ether oxygens (including phenoxy) is 1. The molecule has 0 radical (unpaired) electrons. The maximum Gasteiger partial charge on any atom is 0.223 e. The Hall–Kier alpha value is -1.76. The summed E-state index contributed by atoms with van der Waals surface area (Å²) in [7, 11) is 3.51. The van der Waals surface area contributed by atoms with Crippen LogP contribution in [-0.4, -0.2) is 44.4 Å². The predicted octanol–water partition coefficient (Wildman–Crippen LogP) is 1.80. The summed E-state index contributed by atoms with van der Waals surface area (Å²) in [5.74, 6) is 3.60. The fourth-order valence-electron chi connectivity index (χ4n) is 2.21. The zero-order chi connectivity index (χ0) is 13.9. The number of methoxy groups -OCH3 is 1. The van der Waals surface area contributed by atoms with E-state index in [1.807, 2.05) is 24.9 Å². The summed E-state index contributed by atoms with van der Waals surface area (Å²) >= 11 is 1.96. The molecule has 1 fully saturated rings. The number of hydrogen-bond donors (Lipinski definition) is 1. The van der Waals surface area contributed by atoms with Gasteiger partial charge >= 0.3 is 0 Å². The summed E-state index contributed by atoms with van der Waals surface area (Å²) in [6, 6.07) is 2.37. The van der Waals surface area contributed by atoms with Gasteiger partial charge in [0.2, 0.25) is 5.95 Å². The molecule has 1 atom stereocenters. The summed E-state index contributed by atoms with van der Waals surface area (Å²) in [5, 5.41) is 7.56. The fourth-order valence-corrected chi connectivity index (χ4v) is 3.36. The highest BCUT2D eigenvalue weighted by Crippen LogP contribution is 2.28. The topological polar surface area (TPSA) is 64.9 Å². The van der Waals surface area contributed by atoms with E-state index in [2.05, 4.69) is 20.4 Å². The van der Waals surface area contributed by atoms with Crippen molar-refractivity contribution in [2.24, 2.45) is 7.05 Å². The highest BCUT2D eigenvalue weighted by molar-refractivity contribution is 7.99. The Morgan fingerprint density at radius 3 is 3.05 bits per heavy atom.